The minimum Gasteiger partial charge on any atom is -0.268 e. The molecule has 0 N–H and O–H groups in total. The van der Waals surface area contributed by atoms with Crippen molar-refractivity contribution in [1.82, 2.24) is 4.31 Å². The van der Waals surface area contributed by atoms with Gasteiger partial charge in [-0.1, -0.05) is 24.6 Å². The number of amides is 1. The molecule has 0 bridgehead atoms. The Labute approximate surface area is 164 Å². The van der Waals surface area contributed by atoms with Crippen LogP contribution < -0.4 is 4.31 Å². The van der Waals surface area contributed by atoms with Crippen LogP contribution in [0.15, 0.2) is 52.3 Å². The summed E-state index contributed by atoms with van der Waals surface area (Å²) in [7, 11) is -7.84. The molecule has 1 fully saturated rings. The molecule has 4 rings (SSSR count). The van der Waals surface area contributed by atoms with Crippen LogP contribution in [0.1, 0.15) is 35.2 Å². The minimum atomic E-state index is -4.07. The molecule has 1 amide bonds. The highest BCUT2D eigenvalue weighted by Crippen LogP contribution is 2.36. The maximum Gasteiger partial charge on any atom is 0.273 e. The maximum atomic E-state index is 13.1. The second-order valence-corrected chi connectivity index (χ2v) is 10.6. The second-order valence-electron chi connectivity index (χ2n) is 6.99. The Balaban J connectivity index is 1.81. The van der Waals surface area contributed by atoms with Gasteiger partial charge < -0.3 is 0 Å². The molecule has 7 nitrogen and oxygen atoms in total. The number of piperidine rings is 1. The van der Waals surface area contributed by atoms with Crippen LogP contribution >= 0.6 is 0 Å². The number of sulfonamides is 2. The Bertz CT molecular complexity index is 1170. The van der Waals surface area contributed by atoms with Crippen molar-refractivity contribution in [2.24, 2.45) is 0 Å². The number of hydrogen-bond acceptors (Lipinski definition) is 5. The zero-order valence-electron chi connectivity index (χ0n) is 15.3. The van der Waals surface area contributed by atoms with Gasteiger partial charge in [0.2, 0.25) is 10.0 Å². The summed E-state index contributed by atoms with van der Waals surface area (Å²) in [6, 6.07) is 10.3. The molecule has 28 heavy (non-hydrogen) atoms. The van der Waals surface area contributed by atoms with Crippen molar-refractivity contribution in [2.75, 3.05) is 17.4 Å². The summed E-state index contributed by atoms with van der Waals surface area (Å²) >= 11 is 0. The van der Waals surface area contributed by atoms with Crippen LogP contribution in [0.4, 0.5) is 5.69 Å². The molecule has 9 heteroatoms. The predicted molar refractivity (Wildman–Crippen MR) is 104 cm³/mol. The van der Waals surface area contributed by atoms with Crippen molar-refractivity contribution in [1.29, 1.82) is 0 Å². The Hall–Kier alpha value is -2.23. The highest BCUT2D eigenvalue weighted by molar-refractivity contribution is 7.94. The van der Waals surface area contributed by atoms with Crippen molar-refractivity contribution in [2.45, 2.75) is 36.0 Å². The molecule has 0 unspecified atom stereocenters. The van der Waals surface area contributed by atoms with E-state index in [1.807, 2.05) is 0 Å². The SMILES string of the molecule is Cc1ccc(N2C(=O)c3ccccc3S2(=O)=O)cc1S(=O)(=O)N1CCCCC1. The minimum absolute atomic E-state index is 0.0300. The fraction of sp³-hybridized carbons (Fsp3) is 0.316. The normalized spacial score (nSPS) is 19.6. The van der Waals surface area contributed by atoms with Crippen LogP contribution in [-0.4, -0.2) is 40.1 Å². The third-order valence-corrected chi connectivity index (χ3v) is 8.97. The van der Waals surface area contributed by atoms with Crippen LogP contribution in [0.5, 0.6) is 0 Å². The molecule has 2 heterocycles. The van der Waals surface area contributed by atoms with Crippen LogP contribution in [0.2, 0.25) is 0 Å². The highest BCUT2D eigenvalue weighted by atomic mass is 32.2. The molecule has 0 aliphatic carbocycles. The number of rotatable bonds is 3. The van der Waals surface area contributed by atoms with Gasteiger partial charge in [-0.3, -0.25) is 4.79 Å². The van der Waals surface area contributed by atoms with Crippen molar-refractivity contribution in [3.8, 4) is 0 Å². The Morgan fingerprint density at radius 1 is 0.964 bits per heavy atom. The molecular weight excluding hydrogens is 400 g/mol. The summed E-state index contributed by atoms with van der Waals surface area (Å²) < 4.78 is 54.1. The van der Waals surface area contributed by atoms with Gasteiger partial charge in [-0.2, -0.15) is 8.61 Å². The molecule has 148 valence electrons. The van der Waals surface area contributed by atoms with Crippen LogP contribution in [0.3, 0.4) is 0 Å². The summed E-state index contributed by atoms with van der Waals surface area (Å²) in [6.45, 7) is 2.55. The van der Waals surface area contributed by atoms with Gasteiger partial charge in [0, 0.05) is 13.1 Å². The number of carbonyl (C=O) groups is 1. The van der Waals surface area contributed by atoms with Gasteiger partial charge in [-0.15, -0.1) is 0 Å². The lowest BCUT2D eigenvalue weighted by Crippen LogP contribution is -2.36. The number of hydrogen-bond donors (Lipinski definition) is 0. The number of fused-ring (bicyclic) bond motifs is 1. The first-order chi connectivity index (χ1) is 13.2. The van der Waals surface area contributed by atoms with Gasteiger partial charge in [0.05, 0.1) is 16.1 Å². The molecule has 2 aliphatic rings. The molecule has 0 aromatic heterocycles. The molecule has 2 aromatic rings. The third kappa shape index (κ3) is 2.85. The van der Waals surface area contributed by atoms with E-state index in [1.54, 1.807) is 19.1 Å². The zero-order chi connectivity index (χ0) is 20.1. The first-order valence-electron chi connectivity index (χ1n) is 9.04. The number of aryl methyl sites for hydroxylation is 1. The largest absolute Gasteiger partial charge is 0.273 e. The lowest BCUT2D eigenvalue weighted by Gasteiger charge is -2.27. The first-order valence-corrected chi connectivity index (χ1v) is 11.9. The standard InChI is InChI=1S/C19H20N2O5S2/c1-14-9-10-15(13-18(14)27(23,24)20-11-5-2-6-12-20)21-19(22)16-7-3-4-8-17(16)28(21,25)26/h3-4,7-10,13H,2,5-6,11-12H2,1H3. The van der Waals surface area contributed by atoms with E-state index in [9.17, 15) is 21.6 Å². The van der Waals surface area contributed by atoms with E-state index in [4.69, 9.17) is 0 Å². The lowest BCUT2D eigenvalue weighted by atomic mass is 10.2. The van der Waals surface area contributed by atoms with Gasteiger partial charge in [-0.05, 0) is 49.6 Å². The number of nitrogens with zero attached hydrogens (tertiary/aromatic N) is 2. The lowest BCUT2D eigenvalue weighted by molar-refractivity contribution is 0.101. The molecule has 2 aliphatic heterocycles. The predicted octanol–water partition coefficient (Wildman–Crippen LogP) is 2.52. The topological polar surface area (TPSA) is 91.8 Å². The zero-order valence-corrected chi connectivity index (χ0v) is 17.0. The Kier molecular flexibility index (Phi) is 4.56. The molecule has 0 radical (unpaired) electrons. The molecule has 2 aromatic carbocycles. The van der Waals surface area contributed by atoms with E-state index >= 15 is 0 Å². The van der Waals surface area contributed by atoms with Gasteiger partial charge >= 0.3 is 0 Å². The van der Waals surface area contributed by atoms with Crippen LogP contribution in [0, 0.1) is 6.92 Å². The van der Waals surface area contributed by atoms with Gasteiger partial charge in [-0.25, -0.2) is 16.8 Å². The Morgan fingerprint density at radius 2 is 1.64 bits per heavy atom. The van der Waals surface area contributed by atoms with Gasteiger partial charge in [0.25, 0.3) is 15.9 Å². The molecular formula is C19H20N2O5S2. The smallest absolute Gasteiger partial charge is 0.268 e. The second kappa shape index (κ2) is 6.68. The first kappa shape index (κ1) is 19.1. The number of benzene rings is 2. The monoisotopic (exact) mass is 420 g/mol. The van der Waals surface area contributed by atoms with E-state index in [0.29, 0.717) is 23.0 Å². The van der Waals surface area contributed by atoms with E-state index in [-0.39, 0.29) is 21.0 Å². The van der Waals surface area contributed by atoms with E-state index in [1.165, 1.54) is 34.6 Å². The van der Waals surface area contributed by atoms with Crippen LogP contribution in [0.25, 0.3) is 0 Å². The fourth-order valence-corrected chi connectivity index (χ4v) is 7.03. The maximum absolute atomic E-state index is 13.1. The molecule has 1 saturated heterocycles. The molecule has 0 saturated carbocycles. The van der Waals surface area contributed by atoms with E-state index in [0.717, 1.165) is 19.3 Å². The van der Waals surface area contributed by atoms with E-state index < -0.39 is 26.0 Å². The Morgan fingerprint density at radius 3 is 2.32 bits per heavy atom. The van der Waals surface area contributed by atoms with Gasteiger partial charge in [0.1, 0.15) is 4.90 Å². The quantitative estimate of drug-likeness (QED) is 0.761. The molecule has 0 spiro atoms. The van der Waals surface area contributed by atoms with E-state index in [2.05, 4.69) is 0 Å². The van der Waals surface area contributed by atoms with Crippen molar-refractivity contribution in [3.63, 3.8) is 0 Å². The third-order valence-electron chi connectivity index (χ3n) is 5.16. The summed E-state index contributed by atoms with van der Waals surface area (Å²) in [6.07, 6.45) is 2.59. The summed E-state index contributed by atoms with van der Waals surface area (Å²) in [4.78, 5) is 12.7. The van der Waals surface area contributed by atoms with Crippen LogP contribution in [-0.2, 0) is 20.0 Å². The molecule has 0 atom stereocenters. The average molecular weight is 421 g/mol. The number of anilines is 1. The van der Waals surface area contributed by atoms with Crippen molar-refractivity contribution >= 4 is 31.6 Å². The average Bonchev–Trinajstić information content (AvgIpc) is 2.89. The number of carbonyl (C=O) groups excluding carboxylic acids is 1. The summed E-state index contributed by atoms with van der Waals surface area (Å²) in [5.41, 5.74) is 0.627. The van der Waals surface area contributed by atoms with Crippen molar-refractivity contribution < 1.29 is 21.6 Å². The van der Waals surface area contributed by atoms with Crippen molar-refractivity contribution in [3.05, 3.63) is 53.6 Å². The summed E-state index contributed by atoms with van der Waals surface area (Å²) in [5.74, 6) is -0.680. The fourth-order valence-electron chi connectivity index (χ4n) is 3.68. The summed E-state index contributed by atoms with van der Waals surface area (Å²) in [5, 5.41) is 0. The van der Waals surface area contributed by atoms with Gasteiger partial charge in [0.15, 0.2) is 0 Å². The highest BCUT2D eigenvalue weighted by Gasteiger charge is 2.42.